The molecule has 1 aromatic carbocycles. The van der Waals surface area contributed by atoms with Crippen LogP contribution in [0.2, 0.25) is 0 Å². The van der Waals surface area contributed by atoms with Gasteiger partial charge < -0.3 is 14.7 Å². The monoisotopic (exact) mass is 549 g/mol. The van der Waals surface area contributed by atoms with Crippen LogP contribution in [0, 0.1) is 0 Å². The topological polar surface area (TPSA) is 119 Å². The SMILES string of the molecule is Brc1ccccn1.CS(=O)(=O)c1ccc(-n2ccc(OC3CCN(C(=O)O)CC3)cc2=O)cc1. The van der Waals surface area contributed by atoms with Crippen molar-refractivity contribution in [3.05, 3.63) is 81.9 Å². The second kappa shape index (κ2) is 11.3. The van der Waals surface area contributed by atoms with E-state index in [2.05, 4.69) is 20.9 Å². The molecule has 0 unspecified atom stereocenters. The molecule has 0 aliphatic carbocycles. The molecule has 0 spiro atoms. The Morgan fingerprint density at radius 2 is 1.79 bits per heavy atom. The summed E-state index contributed by atoms with van der Waals surface area (Å²) >= 11 is 3.20. The van der Waals surface area contributed by atoms with Gasteiger partial charge in [-0.25, -0.2) is 18.2 Å². The number of nitrogens with zero attached hydrogens (tertiary/aromatic N) is 3. The fraction of sp³-hybridized carbons (Fsp3) is 0.261. The van der Waals surface area contributed by atoms with Gasteiger partial charge in [-0.1, -0.05) is 6.07 Å². The summed E-state index contributed by atoms with van der Waals surface area (Å²) in [5, 5.41) is 8.96. The van der Waals surface area contributed by atoms with Gasteiger partial charge in [-0.2, -0.15) is 0 Å². The van der Waals surface area contributed by atoms with E-state index in [-0.39, 0.29) is 16.6 Å². The molecule has 2 aromatic heterocycles. The number of likely N-dealkylation sites (tertiary alicyclic amines) is 1. The van der Waals surface area contributed by atoms with E-state index in [0.29, 0.717) is 37.4 Å². The highest BCUT2D eigenvalue weighted by Gasteiger charge is 2.23. The minimum Gasteiger partial charge on any atom is -0.490 e. The van der Waals surface area contributed by atoms with E-state index in [9.17, 15) is 18.0 Å². The van der Waals surface area contributed by atoms with Crippen molar-refractivity contribution >= 4 is 31.9 Å². The molecular formula is C23H24BrN3O6S. The van der Waals surface area contributed by atoms with Crippen LogP contribution in [0.4, 0.5) is 4.79 Å². The zero-order valence-electron chi connectivity index (χ0n) is 18.4. The van der Waals surface area contributed by atoms with E-state index in [1.807, 2.05) is 18.2 Å². The Labute approximate surface area is 205 Å². The lowest BCUT2D eigenvalue weighted by Crippen LogP contribution is -2.41. The molecule has 4 rings (SSSR count). The first-order chi connectivity index (χ1) is 16.1. The van der Waals surface area contributed by atoms with E-state index in [1.165, 1.54) is 27.7 Å². The van der Waals surface area contributed by atoms with E-state index in [1.54, 1.807) is 30.6 Å². The van der Waals surface area contributed by atoms with E-state index in [0.717, 1.165) is 10.9 Å². The van der Waals surface area contributed by atoms with E-state index < -0.39 is 15.9 Å². The number of aromatic nitrogens is 2. The molecule has 0 saturated carbocycles. The Kier molecular flexibility index (Phi) is 8.46. The van der Waals surface area contributed by atoms with Crippen molar-refractivity contribution in [2.75, 3.05) is 19.3 Å². The lowest BCUT2D eigenvalue weighted by molar-refractivity contribution is 0.0893. The minimum atomic E-state index is -3.29. The summed E-state index contributed by atoms with van der Waals surface area (Å²) in [6.07, 6.45) is 4.51. The lowest BCUT2D eigenvalue weighted by atomic mass is 10.1. The molecule has 1 saturated heterocycles. The smallest absolute Gasteiger partial charge is 0.407 e. The molecule has 180 valence electrons. The zero-order valence-corrected chi connectivity index (χ0v) is 20.8. The first kappa shape index (κ1) is 25.4. The Morgan fingerprint density at radius 1 is 1.12 bits per heavy atom. The number of benzene rings is 1. The summed E-state index contributed by atoms with van der Waals surface area (Å²) in [5.41, 5.74) is 0.247. The quantitative estimate of drug-likeness (QED) is 0.493. The van der Waals surface area contributed by atoms with Gasteiger partial charge in [-0.15, -0.1) is 0 Å². The molecule has 1 N–H and O–H groups in total. The first-order valence-corrected chi connectivity index (χ1v) is 13.1. The van der Waals surface area contributed by atoms with Crippen LogP contribution >= 0.6 is 15.9 Å². The summed E-state index contributed by atoms with van der Waals surface area (Å²) in [6.45, 7) is 0.813. The Hall–Kier alpha value is -3.18. The number of hydrogen-bond donors (Lipinski definition) is 1. The number of halogens is 1. The number of pyridine rings is 2. The molecule has 0 bridgehead atoms. The maximum atomic E-state index is 12.4. The molecule has 1 aliphatic rings. The molecule has 0 atom stereocenters. The van der Waals surface area contributed by atoms with E-state index in [4.69, 9.17) is 9.84 Å². The third-order valence-electron chi connectivity index (χ3n) is 5.08. The Balaban J connectivity index is 0.000000396. The predicted octanol–water partition coefficient (Wildman–Crippen LogP) is 3.61. The fourth-order valence-electron chi connectivity index (χ4n) is 3.30. The van der Waals surface area contributed by atoms with Crippen molar-refractivity contribution in [1.82, 2.24) is 14.5 Å². The van der Waals surface area contributed by atoms with Crippen LogP contribution in [0.15, 0.2) is 81.3 Å². The third-order valence-corrected chi connectivity index (χ3v) is 6.68. The molecular weight excluding hydrogens is 526 g/mol. The molecule has 34 heavy (non-hydrogen) atoms. The summed E-state index contributed by atoms with van der Waals surface area (Å²) in [4.78, 5) is 28.7. The number of carboxylic acid groups (broad SMARTS) is 1. The normalized spacial score (nSPS) is 14.1. The Morgan fingerprint density at radius 3 is 2.26 bits per heavy atom. The van der Waals surface area contributed by atoms with Crippen molar-refractivity contribution in [3.8, 4) is 11.4 Å². The molecule has 0 radical (unpaired) electrons. The van der Waals surface area contributed by atoms with Crippen molar-refractivity contribution in [2.45, 2.75) is 23.8 Å². The van der Waals surface area contributed by atoms with Crippen LogP contribution in [0.3, 0.4) is 0 Å². The summed E-state index contributed by atoms with van der Waals surface area (Å²) in [7, 11) is -3.29. The average molecular weight is 550 g/mol. The van der Waals surface area contributed by atoms with Gasteiger partial charge >= 0.3 is 6.09 Å². The predicted molar refractivity (Wildman–Crippen MR) is 130 cm³/mol. The van der Waals surface area contributed by atoms with Gasteiger partial charge in [0.2, 0.25) is 0 Å². The van der Waals surface area contributed by atoms with E-state index >= 15 is 0 Å². The molecule has 1 aliphatic heterocycles. The largest absolute Gasteiger partial charge is 0.490 e. The van der Waals surface area contributed by atoms with Gasteiger partial charge in [0, 0.05) is 56.3 Å². The van der Waals surface area contributed by atoms with Crippen LogP contribution in [0.1, 0.15) is 12.8 Å². The highest BCUT2D eigenvalue weighted by Crippen LogP contribution is 2.19. The summed E-state index contributed by atoms with van der Waals surface area (Å²) < 4.78 is 31.1. The number of rotatable bonds is 4. The minimum absolute atomic E-state index is 0.134. The van der Waals surface area contributed by atoms with Gasteiger partial charge in [0.1, 0.15) is 16.5 Å². The van der Waals surface area contributed by atoms with Gasteiger partial charge in [-0.3, -0.25) is 9.36 Å². The first-order valence-electron chi connectivity index (χ1n) is 10.4. The summed E-state index contributed by atoms with van der Waals surface area (Å²) in [5.74, 6) is 0.429. The number of ether oxygens (including phenoxy) is 1. The maximum absolute atomic E-state index is 12.4. The standard InChI is InChI=1S/C18H20N2O6S.C5H4BrN/c1-27(24,25)16-4-2-13(3-5-16)20-11-8-15(12-17(20)21)26-14-6-9-19(10-7-14)18(22)23;6-5-3-1-2-4-7-5/h2-5,8,11-12,14H,6-7,9-10H2,1H3,(H,22,23);1-4H. The molecule has 9 nitrogen and oxygen atoms in total. The van der Waals surface area contributed by atoms with Crippen LogP contribution < -0.4 is 10.3 Å². The number of amides is 1. The maximum Gasteiger partial charge on any atom is 0.407 e. The fourth-order valence-corrected chi connectivity index (χ4v) is 4.20. The molecule has 1 fully saturated rings. The number of sulfone groups is 1. The highest BCUT2D eigenvalue weighted by molar-refractivity contribution is 9.10. The third kappa shape index (κ3) is 7.16. The second-order valence-electron chi connectivity index (χ2n) is 7.58. The van der Waals surface area contributed by atoms with Crippen LogP contribution in [-0.2, 0) is 9.84 Å². The number of piperidine rings is 1. The van der Waals surface area contributed by atoms with Crippen LogP contribution in [0.5, 0.6) is 5.75 Å². The summed E-state index contributed by atoms with van der Waals surface area (Å²) in [6, 6.07) is 14.8. The van der Waals surface area contributed by atoms with Crippen molar-refractivity contribution in [2.24, 2.45) is 0 Å². The average Bonchev–Trinajstić information content (AvgIpc) is 2.80. The highest BCUT2D eigenvalue weighted by atomic mass is 79.9. The molecule has 3 aromatic rings. The molecule has 11 heteroatoms. The second-order valence-corrected chi connectivity index (χ2v) is 10.4. The van der Waals surface area contributed by atoms with Gasteiger partial charge in [0.05, 0.1) is 4.90 Å². The molecule has 3 heterocycles. The van der Waals surface area contributed by atoms with Gasteiger partial charge in [0.15, 0.2) is 9.84 Å². The Bertz CT molecular complexity index is 1270. The van der Waals surface area contributed by atoms with Crippen LogP contribution in [0.25, 0.3) is 5.69 Å². The molecule has 1 amide bonds. The van der Waals surface area contributed by atoms with Crippen molar-refractivity contribution in [1.29, 1.82) is 0 Å². The van der Waals surface area contributed by atoms with Gasteiger partial charge in [-0.05, 0) is 58.4 Å². The van der Waals surface area contributed by atoms with Crippen LogP contribution in [-0.4, -0.2) is 59.5 Å². The number of hydrogen-bond acceptors (Lipinski definition) is 6. The lowest BCUT2D eigenvalue weighted by Gasteiger charge is -2.30. The number of carbonyl (C=O) groups is 1. The van der Waals surface area contributed by atoms with Gasteiger partial charge in [0.25, 0.3) is 5.56 Å². The zero-order chi connectivity index (χ0) is 24.7. The van der Waals surface area contributed by atoms with Crippen molar-refractivity contribution < 1.29 is 23.1 Å². The van der Waals surface area contributed by atoms with Crippen molar-refractivity contribution in [3.63, 3.8) is 0 Å².